The number of esters is 1. The molecule has 0 aliphatic carbocycles. The van der Waals surface area contributed by atoms with E-state index < -0.39 is 41.6 Å². The molecule has 0 saturated carbocycles. The highest BCUT2D eigenvalue weighted by molar-refractivity contribution is 7.80. The van der Waals surface area contributed by atoms with E-state index >= 15 is 0 Å². The number of carbonyl (C=O) groups excluding carboxylic acids is 1. The van der Waals surface area contributed by atoms with Crippen LogP contribution in [0.1, 0.15) is 18.2 Å². The summed E-state index contributed by atoms with van der Waals surface area (Å²) < 4.78 is 11.9. The average molecular weight is 370 g/mol. The second-order valence-corrected chi connectivity index (χ2v) is 5.90. The zero-order valence-electron chi connectivity index (χ0n) is 13.4. The summed E-state index contributed by atoms with van der Waals surface area (Å²) >= 11 is 3.91. The number of carbonyl (C=O) groups is 1. The molecule has 12 heteroatoms. The van der Waals surface area contributed by atoms with Crippen LogP contribution in [0.2, 0.25) is 0 Å². The number of nitrogens with one attached hydrogen (secondary N) is 1. The number of thiol groups is 1. The maximum absolute atomic E-state index is 12.0. The maximum atomic E-state index is 12.0. The third kappa shape index (κ3) is 4.42. The van der Waals surface area contributed by atoms with E-state index in [0.717, 1.165) is 0 Å². The Morgan fingerprint density at radius 2 is 2.40 bits per heavy atom. The monoisotopic (exact) mass is 370 g/mol. The number of aromatic nitrogens is 2. The zero-order valence-corrected chi connectivity index (χ0v) is 14.3. The summed E-state index contributed by atoms with van der Waals surface area (Å²) in [5.74, 6) is -0.530. The van der Waals surface area contributed by atoms with Crippen molar-refractivity contribution in [2.24, 2.45) is 10.8 Å². The number of nitrogens with two attached hydrogens (primary N) is 1. The molecule has 2 rings (SSSR count). The molecule has 2 heterocycles. The second kappa shape index (κ2) is 8.21. The number of aromatic amines is 1. The predicted molar refractivity (Wildman–Crippen MR) is 90.3 cm³/mol. The first kappa shape index (κ1) is 19.1. The molecular weight excluding hydrogens is 352 g/mol. The summed E-state index contributed by atoms with van der Waals surface area (Å²) in [5, 5.41) is 3.62. The molecular formula is C13H18N6O5S. The summed E-state index contributed by atoms with van der Waals surface area (Å²) in [4.78, 5) is 40.0. The molecule has 1 aliphatic heterocycles. The molecule has 1 aromatic rings. The predicted octanol–water partition coefficient (Wildman–Crippen LogP) is -0.388. The van der Waals surface area contributed by atoms with E-state index in [4.69, 9.17) is 20.7 Å². The summed E-state index contributed by atoms with van der Waals surface area (Å²) in [6.07, 6.45) is 0.0532. The van der Waals surface area contributed by atoms with E-state index in [1.54, 1.807) is 6.92 Å². The maximum Gasteiger partial charge on any atom is 0.330 e. The molecule has 1 aliphatic rings. The third-order valence-electron chi connectivity index (χ3n) is 3.75. The van der Waals surface area contributed by atoms with Crippen LogP contribution >= 0.6 is 12.6 Å². The van der Waals surface area contributed by atoms with Crippen molar-refractivity contribution in [3.05, 3.63) is 43.0 Å². The lowest BCUT2D eigenvalue weighted by Gasteiger charge is -2.17. The molecule has 0 amide bonds. The molecule has 136 valence electrons. The molecule has 0 aromatic carbocycles. The quantitative estimate of drug-likeness (QED) is 0.203. The minimum absolute atomic E-state index is 0.124. The first-order valence-electron chi connectivity index (χ1n) is 7.42. The Balaban J connectivity index is 2.16. The summed E-state index contributed by atoms with van der Waals surface area (Å²) in [6.45, 7) is 1.37. The molecule has 0 bridgehead atoms. The van der Waals surface area contributed by atoms with Gasteiger partial charge in [0.05, 0.1) is 6.04 Å². The van der Waals surface area contributed by atoms with Gasteiger partial charge in [0.1, 0.15) is 25.0 Å². The molecule has 25 heavy (non-hydrogen) atoms. The van der Waals surface area contributed by atoms with Gasteiger partial charge in [0.2, 0.25) is 0 Å². The van der Waals surface area contributed by atoms with E-state index in [1.165, 1.54) is 10.8 Å². The van der Waals surface area contributed by atoms with Crippen LogP contribution in [0.25, 0.3) is 10.4 Å². The summed E-state index contributed by atoms with van der Waals surface area (Å²) in [6, 6.07) is -1.52. The minimum Gasteiger partial charge on any atom is -0.462 e. The second-order valence-electron chi connectivity index (χ2n) is 5.53. The first-order valence-corrected chi connectivity index (χ1v) is 8.05. The number of nitrogens with zero attached hydrogens (tertiary/aromatic N) is 4. The van der Waals surface area contributed by atoms with Crippen LogP contribution in [0.3, 0.4) is 0 Å². The summed E-state index contributed by atoms with van der Waals surface area (Å²) in [5.41, 5.74) is 13.4. The Morgan fingerprint density at radius 3 is 3.04 bits per heavy atom. The van der Waals surface area contributed by atoms with Crippen LogP contribution in [0, 0.1) is 6.92 Å². The SMILES string of the molecule is Cc1cn([C@H]2C[C@H](N=[N+]=[N-])[C@@H](COC(=O)[C@@H](N)CS)O2)c(=O)[nH]c1=O. The van der Waals surface area contributed by atoms with Gasteiger partial charge in [0.15, 0.2) is 0 Å². The molecule has 1 saturated heterocycles. The number of aryl methyl sites for hydroxylation is 1. The molecule has 0 unspecified atom stereocenters. The number of azide groups is 1. The lowest BCUT2D eigenvalue weighted by atomic mass is 10.1. The normalized spacial score (nSPS) is 23.7. The van der Waals surface area contributed by atoms with Crippen molar-refractivity contribution < 1.29 is 14.3 Å². The van der Waals surface area contributed by atoms with Gasteiger partial charge < -0.3 is 15.2 Å². The van der Waals surface area contributed by atoms with Crippen molar-refractivity contribution in [3.8, 4) is 0 Å². The molecule has 0 radical (unpaired) electrons. The Morgan fingerprint density at radius 1 is 1.68 bits per heavy atom. The largest absolute Gasteiger partial charge is 0.462 e. The highest BCUT2D eigenvalue weighted by Crippen LogP contribution is 2.30. The van der Waals surface area contributed by atoms with Crippen molar-refractivity contribution in [2.75, 3.05) is 12.4 Å². The van der Waals surface area contributed by atoms with Gasteiger partial charge in [-0.25, -0.2) is 4.79 Å². The molecule has 1 aromatic heterocycles. The first-order chi connectivity index (χ1) is 11.9. The number of H-pyrrole nitrogens is 1. The lowest BCUT2D eigenvalue weighted by Crippen LogP contribution is -2.37. The van der Waals surface area contributed by atoms with Gasteiger partial charge in [-0.15, -0.1) is 0 Å². The van der Waals surface area contributed by atoms with E-state index in [0.29, 0.717) is 5.56 Å². The van der Waals surface area contributed by atoms with Gasteiger partial charge in [0.25, 0.3) is 5.56 Å². The molecule has 4 atom stereocenters. The third-order valence-corrected chi connectivity index (χ3v) is 4.14. The number of ether oxygens (including phenoxy) is 2. The van der Waals surface area contributed by atoms with Crippen LogP contribution in [-0.4, -0.2) is 46.1 Å². The Bertz CT molecular complexity index is 801. The highest BCUT2D eigenvalue weighted by Gasteiger charge is 2.37. The van der Waals surface area contributed by atoms with Crippen molar-refractivity contribution in [3.63, 3.8) is 0 Å². The van der Waals surface area contributed by atoms with Crippen LogP contribution < -0.4 is 17.0 Å². The van der Waals surface area contributed by atoms with Crippen molar-refractivity contribution in [1.82, 2.24) is 9.55 Å². The topological polar surface area (TPSA) is 165 Å². The zero-order chi connectivity index (χ0) is 18.6. The van der Waals surface area contributed by atoms with Crippen LogP contribution in [0.5, 0.6) is 0 Å². The van der Waals surface area contributed by atoms with Gasteiger partial charge in [-0.2, -0.15) is 12.6 Å². The van der Waals surface area contributed by atoms with Gasteiger partial charge in [-0.05, 0) is 12.5 Å². The van der Waals surface area contributed by atoms with Crippen LogP contribution in [0.4, 0.5) is 0 Å². The Hall–Kier alpha value is -2.27. The average Bonchev–Trinajstić information content (AvgIpc) is 2.98. The van der Waals surface area contributed by atoms with Gasteiger partial charge in [0, 0.05) is 28.8 Å². The Kier molecular flexibility index (Phi) is 6.26. The lowest BCUT2D eigenvalue weighted by molar-refractivity contribution is -0.149. The van der Waals surface area contributed by atoms with Gasteiger partial charge in [-0.3, -0.25) is 19.1 Å². The number of hydrogen-bond donors (Lipinski definition) is 3. The van der Waals surface area contributed by atoms with E-state index in [2.05, 4.69) is 27.6 Å². The van der Waals surface area contributed by atoms with Crippen molar-refractivity contribution in [1.29, 1.82) is 0 Å². The number of hydrogen-bond acceptors (Lipinski definition) is 8. The standard InChI is InChI=1S/C13H18N6O5S/c1-6-3-19(13(22)16-11(6)20)10-2-8(17-18-15)9(24-10)4-23-12(21)7(14)5-25/h3,7-10,25H,2,4-5,14H2,1H3,(H,16,20,22)/t7-,8-,9+,10+/m0/s1. The fourth-order valence-corrected chi connectivity index (χ4v) is 2.52. The molecule has 0 spiro atoms. The van der Waals surface area contributed by atoms with E-state index in [1.807, 2.05) is 0 Å². The molecule has 3 N–H and O–H groups in total. The van der Waals surface area contributed by atoms with E-state index in [-0.39, 0.29) is 18.8 Å². The summed E-state index contributed by atoms with van der Waals surface area (Å²) in [7, 11) is 0. The van der Waals surface area contributed by atoms with Crippen molar-refractivity contribution >= 4 is 18.6 Å². The molecule has 1 fully saturated rings. The minimum atomic E-state index is -0.872. The van der Waals surface area contributed by atoms with Crippen LogP contribution in [-0.2, 0) is 14.3 Å². The van der Waals surface area contributed by atoms with Crippen molar-refractivity contribution in [2.45, 2.75) is 37.8 Å². The van der Waals surface area contributed by atoms with Gasteiger partial charge >= 0.3 is 11.7 Å². The fourth-order valence-electron chi connectivity index (χ4n) is 2.37. The van der Waals surface area contributed by atoms with Crippen LogP contribution in [0.15, 0.2) is 20.9 Å². The molecule has 11 nitrogen and oxygen atoms in total. The highest BCUT2D eigenvalue weighted by atomic mass is 32.1. The Labute approximate surface area is 147 Å². The smallest absolute Gasteiger partial charge is 0.330 e. The van der Waals surface area contributed by atoms with Gasteiger partial charge in [-0.1, -0.05) is 5.11 Å². The van der Waals surface area contributed by atoms with E-state index in [9.17, 15) is 14.4 Å². The number of rotatable bonds is 6. The fraction of sp³-hybridized carbons (Fsp3) is 0.615.